The maximum Gasteiger partial charge on any atom is 0.0526 e. The first-order valence-electron chi connectivity index (χ1n) is 4.62. The number of ether oxygens (including phenoxy) is 1. The fourth-order valence-electron chi connectivity index (χ4n) is 2.33. The molecule has 2 atom stereocenters. The summed E-state index contributed by atoms with van der Waals surface area (Å²) in [5, 5.41) is 3.43. The van der Waals surface area contributed by atoms with Crippen molar-refractivity contribution >= 4 is 0 Å². The van der Waals surface area contributed by atoms with Gasteiger partial charge < -0.3 is 10.1 Å². The van der Waals surface area contributed by atoms with Crippen molar-refractivity contribution in [2.45, 2.75) is 19.8 Å². The molecule has 2 unspecified atom stereocenters. The van der Waals surface area contributed by atoms with Gasteiger partial charge in [0, 0.05) is 12.0 Å². The van der Waals surface area contributed by atoms with Crippen molar-refractivity contribution in [3.63, 3.8) is 0 Å². The molecule has 2 fully saturated rings. The normalized spacial score (nSPS) is 45.0. The van der Waals surface area contributed by atoms with Gasteiger partial charge in [-0.25, -0.2) is 0 Å². The van der Waals surface area contributed by atoms with Gasteiger partial charge in [0.05, 0.1) is 6.61 Å². The van der Waals surface area contributed by atoms with E-state index in [0.717, 1.165) is 19.1 Å². The molecule has 0 radical (unpaired) electrons. The van der Waals surface area contributed by atoms with Crippen LogP contribution < -0.4 is 5.32 Å². The summed E-state index contributed by atoms with van der Waals surface area (Å²) in [7, 11) is 0. The van der Waals surface area contributed by atoms with Crippen LogP contribution in [-0.2, 0) is 4.74 Å². The summed E-state index contributed by atoms with van der Waals surface area (Å²) in [5.74, 6) is 0.804. The second-order valence-corrected chi connectivity index (χ2v) is 4.02. The molecule has 0 aromatic rings. The van der Waals surface area contributed by atoms with Crippen LogP contribution >= 0.6 is 0 Å². The average Bonchev–Trinajstić information content (AvgIpc) is 2.46. The van der Waals surface area contributed by atoms with Gasteiger partial charge in [-0.15, -0.1) is 0 Å². The lowest BCUT2D eigenvalue weighted by Crippen LogP contribution is -2.44. The van der Waals surface area contributed by atoms with Gasteiger partial charge in [-0.05, 0) is 31.8 Å². The minimum absolute atomic E-state index is 0.547. The molecule has 1 spiro atoms. The molecule has 0 saturated carbocycles. The standard InChI is InChI=1S/C9H17NO/c1-8-6-10-4-2-9(8)3-5-11-7-9/h8,10H,2-7H2,1H3. The monoisotopic (exact) mass is 155 g/mol. The van der Waals surface area contributed by atoms with E-state index < -0.39 is 0 Å². The molecule has 0 aromatic heterocycles. The zero-order chi connectivity index (χ0) is 7.73. The van der Waals surface area contributed by atoms with Crippen LogP contribution in [0.3, 0.4) is 0 Å². The molecule has 11 heavy (non-hydrogen) atoms. The highest BCUT2D eigenvalue weighted by atomic mass is 16.5. The highest BCUT2D eigenvalue weighted by molar-refractivity contribution is 4.92. The van der Waals surface area contributed by atoms with E-state index in [9.17, 15) is 0 Å². The third kappa shape index (κ3) is 1.18. The fraction of sp³-hybridized carbons (Fsp3) is 1.00. The van der Waals surface area contributed by atoms with E-state index in [-0.39, 0.29) is 0 Å². The van der Waals surface area contributed by atoms with Crippen molar-refractivity contribution in [1.82, 2.24) is 5.32 Å². The number of rotatable bonds is 0. The van der Waals surface area contributed by atoms with E-state index >= 15 is 0 Å². The first-order chi connectivity index (χ1) is 5.33. The summed E-state index contributed by atoms with van der Waals surface area (Å²) < 4.78 is 5.48. The summed E-state index contributed by atoms with van der Waals surface area (Å²) in [5.41, 5.74) is 0.547. The summed E-state index contributed by atoms with van der Waals surface area (Å²) in [6.07, 6.45) is 2.60. The SMILES string of the molecule is CC1CNCCC12CCOC2. The van der Waals surface area contributed by atoms with E-state index in [1.54, 1.807) is 0 Å². The molecule has 2 nitrogen and oxygen atoms in total. The van der Waals surface area contributed by atoms with Gasteiger partial charge >= 0.3 is 0 Å². The Morgan fingerprint density at radius 2 is 2.36 bits per heavy atom. The average molecular weight is 155 g/mol. The molecule has 2 heteroatoms. The summed E-state index contributed by atoms with van der Waals surface area (Å²) >= 11 is 0. The molecule has 2 saturated heterocycles. The van der Waals surface area contributed by atoms with E-state index in [1.165, 1.54) is 25.9 Å². The lowest BCUT2D eigenvalue weighted by atomic mass is 9.71. The van der Waals surface area contributed by atoms with Gasteiger partial charge in [0.25, 0.3) is 0 Å². The Labute approximate surface area is 68.3 Å². The van der Waals surface area contributed by atoms with Crippen LogP contribution in [0.1, 0.15) is 19.8 Å². The molecule has 2 rings (SSSR count). The highest BCUT2D eigenvalue weighted by Crippen LogP contribution is 2.40. The zero-order valence-corrected chi connectivity index (χ0v) is 7.23. The molecule has 64 valence electrons. The molecule has 2 aliphatic rings. The smallest absolute Gasteiger partial charge is 0.0526 e. The van der Waals surface area contributed by atoms with Crippen LogP contribution in [0.5, 0.6) is 0 Å². The minimum Gasteiger partial charge on any atom is -0.381 e. The third-order valence-corrected chi connectivity index (χ3v) is 3.43. The molecule has 0 amide bonds. The number of nitrogens with one attached hydrogen (secondary N) is 1. The van der Waals surface area contributed by atoms with E-state index in [1.807, 2.05) is 0 Å². The molecule has 0 bridgehead atoms. The molecule has 0 aromatic carbocycles. The van der Waals surface area contributed by atoms with Crippen LogP contribution in [0, 0.1) is 11.3 Å². The van der Waals surface area contributed by atoms with E-state index in [2.05, 4.69) is 12.2 Å². The minimum atomic E-state index is 0.547. The maximum atomic E-state index is 5.48. The van der Waals surface area contributed by atoms with Gasteiger partial charge in [0.1, 0.15) is 0 Å². The largest absolute Gasteiger partial charge is 0.381 e. The van der Waals surface area contributed by atoms with Crippen LogP contribution in [-0.4, -0.2) is 26.3 Å². The van der Waals surface area contributed by atoms with Crippen molar-refractivity contribution in [3.05, 3.63) is 0 Å². The topological polar surface area (TPSA) is 21.3 Å². The van der Waals surface area contributed by atoms with Crippen molar-refractivity contribution < 1.29 is 4.74 Å². The Balaban J connectivity index is 2.07. The van der Waals surface area contributed by atoms with Crippen LogP contribution in [0.4, 0.5) is 0 Å². The number of hydrogen-bond acceptors (Lipinski definition) is 2. The summed E-state index contributed by atoms with van der Waals surface area (Å²) in [6, 6.07) is 0. The Morgan fingerprint density at radius 1 is 1.45 bits per heavy atom. The van der Waals surface area contributed by atoms with E-state index in [0.29, 0.717) is 5.41 Å². The molecule has 1 N–H and O–H groups in total. The number of piperidine rings is 1. The Morgan fingerprint density at radius 3 is 3.00 bits per heavy atom. The second-order valence-electron chi connectivity index (χ2n) is 4.02. The lowest BCUT2D eigenvalue weighted by molar-refractivity contribution is 0.0859. The van der Waals surface area contributed by atoms with Crippen molar-refractivity contribution in [3.8, 4) is 0 Å². The molecular formula is C9H17NO. The van der Waals surface area contributed by atoms with Gasteiger partial charge in [-0.1, -0.05) is 6.92 Å². The predicted molar refractivity (Wildman–Crippen MR) is 44.5 cm³/mol. The third-order valence-electron chi connectivity index (χ3n) is 3.43. The zero-order valence-electron chi connectivity index (χ0n) is 7.23. The van der Waals surface area contributed by atoms with Gasteiger partial charge in [0.15, 0.2) is 0 Å². The molecular weight excluding hydrogens is 138 g/mol. The van der Waals surface area contributed by atoms with Gasteiger partial charge in [0.2, 0.25) is 0 Å². The van der Waals surface area contributed by atoms with E-state index in [4.69, 9.17) is 4.74 Å². The van der Waals surface area contributed by atoms with Crippen molar-refractivity contribution in [2.24, 2.45) is 11.3 Å². The fourth-order valence-corrected chi connectivity index (χ4v) is 2.33. The molecule has 0 aliphatic carbocycles. The summed E-state index contributed by atoms with van der Waals surface area (Å²) in [6.45, 7) is 6.72. The van der Waals surface area contributed by atoms with Crippen molar-refractivity contribution in [2.75, 3.05) is 26.3 Å². The quantitative estimate of drug-likeness (QED) is 0.564. The first-order valence-corrected chi connectivity index (χ1v) is 4.62. The van der Waals surface area contributed by atoms with Crippen LogP contribution in [0.2, 0.25) is 0 Å². The van der Waals surface area contributed by atoms with Gasteiger partial charge in [-0.2, -0.15) is 0 Å². The predicted octanol–water partition coefficient (Wildman–Crippen LogP) is 1.02. The Kier molecular flexibility index (Phi) is 1.90. The highest BCUT2D eigenvalue weighted by Gasteiger charge is 2.41. The molecule has 2 heterocycles. The van der Waals surface area contributed by atoms with Gasteiger partial charge in [-0.3, -0.25) is 0 Å². The van der Waals surface area contributed by atoms with Crippen LogP contribution in [0.25, 0.3) is 0 Å². The van der Waals surface area contributed by atoms with Crippen molar-refractivity contribution in [1.29, 1.82) is 0 Å². The summed E-state index contributed by atoms with van der Waals surface area (Å²) in [4.78, 5) is 0. The molecule has 2 aliphatic heterocycles. The lowest BCUT2D eigenvalue weighted by Gasteiger charge is -2.38. The first kappa shape index (κ1) is 7.56. The Hall–Kier alpha value is -0.0800. The number of hydrogen-bond donors (Lipinski definition) is 1. The second kappa shape index (κ2) is 2.76. The Bertz CT molecular complexity index is 140. The van der Waals surface area contributed by atoms with Crippen LogP contribution in [0.15, 0.2) is 0 Å². The maximum absolute atomic E-state index is 5.48.